The summed E-state index contributed by atoms with van der Waals surface area (Å²) in [5.74, 6) is 0. The summed E-state index contributed by atoms with van der Waals surface area (Å²) in [5.41, 5.74) is 7.13. The summed E-state index contributed by atoms with van der Waals surface area (Å²) in [5, 5.41) is 0. The van der Waals surface area contributed by atoms with Gasteiger partial charge in [0.2, 0.25) is 10.0 Å². The SMILES string of the molecule is CN(Cc1ccc(N)cc1)S(=O)(=O)c1cccnc1. The van der Waals surface area contributed by atoms with Gasteiger partial charge in [-0.15, -0.1) is 0 Å². The van der Waals surface area contributed by atoms with Gasteiger partial charge >= 0.3 is 0 Å². The molecule has 0 saturated carbocycles. The summed E-state index contributed by atoms with van der Waals surface area (Å²) in [6.45, 7) is 0.289. The van der Waals surface area contributed by atoms with Gasteiger partial charge in [0.05, 0.1) is 0 Å². The lowest BCUT2D eigenvalue weighted by molar-refractivity contribution is 0.466. The summed E-state index contributed by atoms with van der Waals surface area (Å²) >= 11 is 0. The number of nitrogen functional groups attached to an aromatic ring is 1. The molecule has 0 aliphatic rings. The van der Waals surface area contributed by atoms with Crippen LogP contribution in [0.2, 0.25) is 0 Å². The maximum Gasteiger partial charge on any atom is 0.244 e. The first-order chi connectivity index (χ1) is 9.00. The molecule has 0 bridgehead atoms. The molecule has 0 radical (unpaired) electrons. The maximum absolute atomic E-state index is 12.3. The Hall–Kier alpha value is -1.92. The fourth-order valence-corrected chi connectivity index (χ4v) is 2.77. The van der Waals surface area contributed by atoms with Gasteiger partial charge in [0, 0.05) is 31.7 Å². The molecule has 100 valence electrons. The Morgan fingerprint density at radius 1 is 1.21 bits per heavy atom. The third kappa shape index (κ3) is 3.10. The maximum atomic E-state index is 12.3. The average Bonchev–Trinajstić information content (AvgIpc) is 2.42. The van der Waals surface area contributed by atoms with Crippen molar-refractivity contribution in [2.75, 3.05) is 12.8 Å². The number of nitrogens with zero attached hydrogens (tertiary/aromatic N) is 2. The van der Waals surface area contributed by atoms with Crippen LogP contribution in [0.25, 0.3) is 0 Å². The average molecular weight is 277 g/mol. The molecule has 0 aliphatic heterocycles. The molecule has 1 aromatic carbocycles. The zero-order chi connectivity index (χ0) is 13.9. The van der Waals surface area contributed by atoms with E-state index in [0.717, 1.165) is 5.56 Å². The molecule has 5 nitrogen and oxygen atoms in total. The molecule has 0 amide bonds. The third-order valence-electron chi connectivity index (χ3n) is 2.73. The van der Waals surface area contributed by atoms with E-state index >= 15 is 0 Å². The minimum Gasteiger partial charge on any atom is -0.399 e. The fraction of sp³-hybridized carbons (Fsp3) is 0.154. The second kappa shape index (κ2) is 5.38. The number of aromatic nitrogens is 1. The summed E-state index contributed by atoms with van der Waals surface area (Å²) < 4.78 is 25.8. The normalized spacial score (nSPS) is 11.7. The van der Waals surface area contributed by atoms with Gasteiger partial charge in [-0.1, -0.05) is 12.1 Å². The summed E-state index contributed by atoms with van der Waals surface area (Å²) in [4.78, 5) is 4.02. The number of hydrogen-bond acceptors (Lipinski definition) is 4. The van der Waals surface area contributed by atoms with Crippen LogP contribution in [0.3, 0.4) is 0 Å². The van der Waals surface area contributed by atoms with E-state index in [-0.39, 0.29) is 11.4 Å². The number of anilines is 1. The Labute approximate surface area is 112 Å². The van der Waals surface area contributed by atoms with Crippen LogP contribution in [0, 0.1) is 0 Å². The van der Waals surface area contributed by atoms with Crippen LogP contribution in [0.5, 0.6) is 0 Å². The standard InChI is InChI=1S/C13H15N3O2S/c1-16(10-11-4-6-12(14)7-5-11)19(17,18)13-3-2-8-15-9-13/h2-9H,10,14H2,1H3. The van der Waals surface area contributed by atoms with Crippen molar-refractivity contribution in [2.45, 2.75) is 11.4 Å². The van der Waals surface area contributed by atoms with Crippen molar-refractivity contribution in [3.8, 4) is 0 Å². The van der Waals surface area contributed by atoms with Crippen molar-refractivity contribution in [3.05, 3.63) is 54.4 Å². The van der Waals surface area contributed by atoms with E-state index in [4.69, 9.17) is 5.73 Å². The van der Waals surface area contributed by atoms with Gasteiger partial charge < -0.3 is 5.73 Å². The van der Waals surface area contributed by atoms with Crippen LogP contribution < -0.4 is 5.73 Å². The second-order valence-corrected chi connectivity index (χ2v) is 6.24. The molecule has 0 spiro atoms. The molecule has 1 heterocycles. The lowest BCUT2D eigenvalue weighted by atomic mass is 10.2. The van der Waals surface area contributed by atoms with Crippen molar-refractivity contribution < 1.29 is 8.42 Å². The molecular formula is C13H15N3O2S. The third-order valence-corrected chi connectivity index (χ3v) is 4.51. The molecule has 2 aromatic rings. The molecule has 0 unspecified atom stereocenters. The monoisotopic (exact) mass is 277 g/mol. The fourth-order valence-electron chi connectivity index (χ4n) is 1.64. The number of rotatable bonds is 4. The summed E-state index contributed by atoms with van der Waals surface area (Å²) in [6, 6.07) is 10.3. The lowest BCUT2D eigenvalue weighted by Crippen LogP contribution is -2.26. The molecule has 6 heteroatoms. The van der Waals surface area contributed by atoms with Crippen molar-refractivity contribution in [1.82, 2.24) is 9.29 Å². The van der Waals surface area contributed by atoms with Crippen LogP contribution in [0.4, 0.5) is 5.69 Å². The quantitative estimate of drug-likeness (QED) is 0.859. The second-order valence-electron chi connectivity index (χ2n) is 4.19. The Balaban J connectivity index is 2.20. The highest BCUT2D eigenvalue weighted by molar-refractivity contribution is 7.89. The van der Waals surface area contributed by atoms with E-state index < -0.39 is 10.0 Å². The minimum atomic E-state index is -3.51. The van der Waals surface area contributed by atoms with Crippen molar-refractivity contribution in [2.24, 2.45) is 0 Å². The first-order valence-electron chi connectivity index (χ1n) is 5.71. The summed E-state index contributed by atoms with van der Waals surface area (Å²) in [6.07, 6.45) is 2.88. The number of pyridine rings is 1. The van der Waals surface area contributed by atoms with Crippen molar-refractivity contribution >= 4 is 15.7 Å². The molecular weight excluding hydrogens is 262 g/mol. The van der Waals surface area contributed by atoms with Crippen molar-refractivity contribution in [3.63, 3.8) is 0 Å². The number of nitrogens with two attached hydrogens (primary N) is 1. The Bertz CT molecular complexity index is 639. The first-order valence-corrected chi connectivity index (χ1v) is 7.15. The predicted octanol–water partition coefficient (Wildman–Crippen LogP) is 1.48. The van der Waals surface area contributed by atoms with Gasteiger partial charge in [0.25, 0.3) is 0 Å². The van der Waals surface area contributed by atoms with Gasteiger partial charge in [-0.25, -0.2) is 8.42 Å². The smallest absolute Gasteiger partial charge is 0.244 e. The molecule has 0 aliphatic carbocycles. The molecule has 2 rings (SSSR count). The number of sulfonamides is 1. The molecule has 0 fully saturated rings. The largest absolute Gasteiger partial charge is 0.399 e. The van der Waals surface area contributed by atoms with Crippen LogP contribution in [-0.4, -0.2) is 24.8 Å². The van der Waals surface area contributed by atoms with Gasteiger partial charge in [-0.3, -0.25) is 4.98 Å². The van der Waals surface area contributed by atoms with Gasteiger partial charge in [-0.2, -0.15) is 4.31 Å². The van der Waals surface area contributed by atoms with Gasteiger partial charge in [0.15, 0.2) is 0 Å². The lowest BCUT2D eigenvalue weighted by Gasteiger charge is -2.17. The highest BCUT2D eigenvalue weighted by Crippen LogP contribution is 2.16. The van der Waals surface area contributed by atoms with Crippen LogP contribution in [0.1, 0.15) is 5.56 Å². The predicted molar refractivity (Wildman–Crippen MR) is 73.7 cm³/mol. The zero-order valence-electron chi connectivity index (χ0n) is 10.5. The van der Waals surface area contributed by atoms with Gasteiger partial charge in [0.1, 0.15) is 4.90 Å². The molecule has 1 aromatic heterocycles. The molecule has 19 heavy (non-hydrogen) atoms. The topological polar surface area (TPSA) is 76.3 Å². The van der Waals surface area contributed by atoms with E-state index in [9.17, 15) is 8.42 Å². The first kappa shape index (κ1) is 13.5. The molecule has 2 N–H and O–H groups in total. The van der Waals surface area contributed by atoms with Crippen LogP contribution in [-0.2, 0) is 16.6 Å². The minimum absolute atomic E-state index is 0.188. The number of hydrogen-bond donors (Lipinski definition) is 1. The highest BCUT2D eigenvalue weighted by Gasteiger charge is 2.20. The van der Waals surface area contributed by atoms with Crippen molar-refractivity contribution in [1.29, 1.82) is 0 Å². The zero-order valence-corrected chi connectivity index (χ0v) is 11.3. The molecule has 0 saturated heterocycles. The number of benzene rings is 1. The Morgan fingerprint density at radius 3 is 2.47 bits per heavy atom. The van der Waals surface area contributed by atoms with E-state index in [2.05, 4.69) is 4.98 Å². The van der Waals surface area contributed by atoms with Crippen LogP contribution >= 0.6 is 0 Å². The van der Waals surface area contributed by atoms with Crippen LogP contribution in [0.15, 0.2) is 53.7 Å². The van der Waals surface area contributed by atoms with E-state index in [0.29, 0.717) is 5.69 Å². The molecule has 0 atom stereocenters. The van der Waals surface area contributed by atoms with Gasteiger partial charge in [-0.05, 0) is 29.8 Å². The Kier molecular flexibility index (Phi) is 3.82. The van der Waals surface area contributed by atoms with E-state index in [1.165, 1.54) is 16.6 Å². The summed E-state index contributed by atoms with van der Waals surface area (Å²) in [7, 11) is -1.97. The van der Waals surface area contributed by atoms with E-state index in [1.807, 2.05) is 12.1 Å². The van der Waals surface area contributed by atoms with E-state index in [1.54, 1.807) is 31.4 Å². The Morgan fingerprint density at radius 2 is 1.89 bits per heavy atom. The highest BCUT2D eigenvalue weighted by atomic mass is 32.2.